The molecule has 0 radical (unpaired) electrons. The van der Waals surface area contributed by atoms with Crippen molar-refractivity contribution in [2.24, 2.45) is 34.0 Å². The first-order valence-electron chi connectivity index (χ1n) is 14.9. The second-order valence-electron chi connectivity index (χ2n) is 15.2. The largest absolute Gasteiger partial charge is 0.506 e. The maximum atomic E-state index is 12.9. The van der Waals surface area contributed by atoms with Crippen molar-refractivity contribution in [1.82, 2.24) is 0 Å². The van der Waals surface area contributed by atoms with Gasteiger partial charge in [0.15, 0.2) is 0 Å². The molecule has 6 nitrogen and oxygen atoms in total. The lowest BCUT2D eigenvalue weighted by Crippen LogP contribution is -2.68. The van der Waals surface area contributed by atoms with Crippen LogP contribution in [0, 0.1) is 34.0 Å². The summed E-state index contributed by atoms with van der Waals surface area (Å²) < 4.78 is 0. The zero-order valence-electron chi connectivity index (χ0n) is 22.6. The van der Waals surface area contributed by atoms with E-state index in [1.54, 1.807) is 12.1 Å². The van der Waals surface area contributed by atoms with Gasteiger partial charge in [0.25, 0.3) is 0 Å². The molecule has 0 aliphatic heterocycles. The number of rotatable bonds is 4. The van der Waals surface area contributed by atoms with Gasteiger partial charge in [-0.3, -0.25) is 4.79 Å². The van der Waals surface area contributed by atoms with Crippen LogP contribution < -0.4 is 11.5 Å². The molecule has 2 aromatic carbocycles. The summed E-state index contributed by atoms with van der Waals surface area (Å²) in [5.41, 5.74) is 15.3. The molecule has 0 saturated heterocycles. The van der Waals surface area contributed by atoms with Crippen molar-refractivity contribution in [3.63, 3.8) is 0 Å². The van der Waals surface area contributed by atoms with Crippen LogP contribution in [0.25, 0.3) is 0 Å². The van der Waals surface area contributed by atoms with Gasteiger partial charge in [-0.15, -0.1) is 0 Å². The zero-order valence-corrected chi connectivity index (χ0v) is 22.6. The standard InChI is InChI=1S/C33H40N2O4/c34-24-6-22(1-3-26(24)36)30-10-21-11-31(15-30,23-2-4-27(37)25(35)7-23)18-33(14-21,17-30)32-12-19-5-20(13-32)9-29(8-19,16-32)28(38)39/h1-4,6-7,19-21,36-37H,5,8-18,34-35H2,(H,38,39). The summed E-state index contributed by atoms with van der Waals surface area (Å²) in [6.07, 6.45) is 12.7. The van der Waals surface area contributed by atoms with Crippen molar-refractivity contribution in [3.05, 3.63) is 47.5 Å². The number of benzene rings is 2. The summed E-state index contributed by atoms with van der Waals surface area (Å²) in [6, 6.07) is 11.7. The molecule has 4 unspecified atom stereocenters. The predicted octanol–water partition coefficient (Wildman–Crippen LogP) is 6.09. The highest BCUT2D eigenvalue weighted by Crippen LogP contribution is 2.80. The molecule has 7 N–H and O–H groups in total. The lowest BCUT2D eigenvalue weighted by atomic mass is 9.28. The number of nitrogen functional groups attached to an aromatic ring is 2. The molecule has 39 heavy (non-hydrogen) atoms. The van der Waals surface area contributed by atoms with E-state index in [0.717, 1.165) is 51.4 Å². The van der Waals surface area contributed by atoms with Crippen LogP contribution in [0.4, 0.5) is 11.4 Å². The van der Waals surface area contributed by atoms with Crippen molar-refractivity contribution in [2.45, 2.75) is 87.9 Å². The van der Waals surface area contributed by atoms with Gasteiger partial charge < -0.3 is 26.8 Å². The first kappa shape index (κ1) is 24.0. The van der Waals surface area contributed by atoms with Crippen molar-refractivity contribution in [3.8, 4) is 11.5 Å². The van der Waals surface area contributed by atoms with E-state index in [0.29, 0.717) is 29.1 Å². The van der Waals surface area contributed by atoms with Crippen LogP contribution >= 0.6 is 0 Å². The third-order valence-corrected chi connectivity index (χ3v) is 13.0. The molecular formula is C33H40N2O4. The Morgan fingerprint density at radius 2 is 1.18 bits per heavy atom. The average molecular weight is 529 g/mol. The maximum absolute atomic E-state index is 12.9. The predicted molar refractivity (Wildman–Crippen MR) is 149 cm³/mol. The monoisotopic (exact) mass is 528 g/mol. The Balaban J connectivity index is 1.32. The number of aromatic hydroxyl groups is 2. The van der Waals surface area contributed by atoms with Gasteiger partial charge in [0.1, 0.15) is 11.5 Å². The second kappa shape index (κ2) is 7.24. The summed E-state index contributed by atoms with van der Waals surface area (Å²) in [5.74, 6) is 1.28. The number of hydrogen-bond acceptors (Lipinski definition) is 5. The fourth-order valence-electron chi connectivity index (χ4n) is 12.6. The second-order valence-corrected chi connectivity index (χ2v) is 15.2. The van der Waals surface area contributed by atoms with Crippen molar-refractivity contribution >= 4 is 17.3 Å². The molecule has 2 aromatic rings. The van der Waals surface area contributed by atoms with Crippen LogP contribution in [-0.4, -0.2) is 21.3 Å². The summed E-state index contributed by atoms with van der Waals surface area (Å²) in [7, 11) is 0. The van der Waals surface area contributed by atoms with Crippen LogP contribution in [0.15, 0.2) is 36.4 Å². The van der Waals surface area contributed by atoms with Gasteiger partial charge in [0, 0.05) is 0 Å². The van der Waals surface area contributed by atoms with Gasteiger partial charge in [-0.05, 0) is 152 Å². The fraction of sp³-hybridized carbons (Fsp3) is 0.606. The Morgan fingerprint density at radius 3 is 1.67 bits per heavy atom. The normalized spacial score (nSPS) is 45.1. The minimum atomic E-state index is -0.562. The molecule has 0 heterocycles. The zero-order chi connectivity index (χ0) is 27.0. The van der Waals surface area contributed by atoms with Crippen molar-refractivity contribution in [2.75, 3.05) is 11.5 Å². The fourth-order valence-corrected chi connectivity index (χ4v) is 12.6. The lowest BCUT2D eigenvalue weighted by molar-refractivity contribution is -0.234. The Labute approximate surface area is 229 Å². The molecule has 8 saturated carbocycles. The van der Waals surface area contributed by atoms with E-state index in [4.69, 9.17) is 11.5 Å². The minimum absolute atomic E-state index is 0.0520. The van der Waals surface area contributed by atoms with Gasteiger partial charge >= 0.3 is 5.97 Å². The highest BCUT2D eigenvalue weighted by Gasteiger charge is 2.73. The Kier molecular flexibility index (Phi) is 4.45. The molecule has 6 heteroatoms. The minimum Gasteiger partial charge on any atom is -0.506 e. The quantitative estimate of drug-likeness (QED) is 0.241. The Bertz CT molecular complexity index is 1330. The Morgan fingerprint density at radius 1 is 0.667 bits per heavy atom. The molecule has 8 fully saturated rings. The van der Waals surface area contributed by atoms with E-state index in [1.807, 2.05) is 12.1 Å². The number of hydrogen-bond donors (Lipinski definition) is 5. The average Bonchev–Trinajstić information content (AvgIpc) is 2.85. The van der Waals surface area contributed by atoms with E-state index in [-0.39, 0.29) is 33.2 Å². The number of carbonyl (C=O) groups is 1. The smallest absolute Gasteiger partial charge is 0.309 e. The molecule has 4 atom stereocenters. The molecule has 8 bridgehead atoms. The number of phenols is 2. The first-order chi connectivity index (χ1) is 18.5. The maximum Gasteiger partial charge on any atom is 0.309 e. The molecule has 10 rings (SSSR count). The molecule has 0 amide bonds. The van der Waals surface area contributed by atoms with Crippen LogP contribution in [-0.2, 0) is 15.6 Å². The lowest BCUT2D eigenvalue weighted by Gasteiger charge is -2.75. The number of aliphatic carboxylic acids is 1. The summed E-state index contributed by atoms with van der Waals surface area (Å²) in [6.45, 7) is 0. The third kappa shape index (κ3) is 3.01. The first-order valence-corrected chi connectivity index (χ1v) is 14.9. The molecule has 0 aromatic heterocycles. The van der Waals surface area contributed by atoms with Crippen LogP contribution in [0.3, 0.4) is 0 Å². The van der Waals surface area contributed by atoms with Crippen LogP contribution in [0.5, 0.6) is 11.5 Å². The van der Waals surface area contributed by atoms with E-state index >= 15 is 0 Å². The molecule has 8 aliphatic rings. The van der Waals surface area contributed by atoms with Gasteiger partial charge in [0.05, 0.1) is 16.8 Å². The highest BCUT2D eigenvalue weighted by molar-refractivity contribution is 5.75. The summed E-state index contributed by atoms with van der Waals surface area (Å²) in [4.78, 5) is 12.9. The van der Waals surface area contributed by atoms with Crippen LogP contribution in [0.1, 0.15) is 88.2 Å². The number of carboxylic acid groups (broad SMARTS) is 1. The van der Waals surface area contributed by atoms with E-state index in [1.165, 1.54) is 36.8 Å². The number of carboxylic acids is 1. The van der Waals surface area contributed by atoms with Crippen LogP contribution in [0.2, 0.25) is 0 Å². The van der Waals surface area contributed by atoms with Crippen molar-refractivity contribution < 1.29 is 20.1 Å². The Hall–Kier alpha value is -2.89. The summed E-state index contributed by atoms with van der Waals surface area (Å²) in [5, 5.41) is 31.1. The van der Waals surface area contributed by atoms with E-state index in [2.05, 4.69) is 12.1 Å². The topological polar surface area (TPSA) is 130 Å². The molecule has 8 aliphatic carbocycles. The van der Waals surface area contributed by atoms with Crippen molar-refractivity contribution in [1.29, 1.82) is 0 Å². The van der Waals surface area contributed by atoms with E-state index < -0.39 is 11.4 Å². The summed E-state index contributed by atoms with van der Waals surface area (Å²) >= 11 is 0. The number of phenolic OH excluding ortho intramolecular Hbond substituents is 2. The van der Waals surface area contributed by atoms with Gasteiger partial charge in [-0.2, -0.15) is 0 Å². The highest BCUT2D eigenvalue weighted by atomic mass is 16.4. The molecular weight excluding hydrogens is 488 g/mol. The number of anilines is 2. The van der Waals surface area contributed by atoms with E-state index in [9.17, 15) is 20.1 Å². The van der Waals surface area contributed by atoms with Gasteiger partial charge in [-0.1, -0.05) is 12.1 Å². The van der Waals surface area contributed by atoms with Gasteiger partial charge in [-0.25, -0.2) is 0 Å². The van der Waals surface area contributed by atoms with Gasteiger partial charge in [0.2, 0.25) is 0 Å². The molecule has 0 spiro atoms. The SMILES string of the molecule is Nc1cc(C23CC4CC(c5ccc(O)c(N)c5)(C2)CC(C25CC6CC(CC(C(=O)O)(C6)C2)C5)(C4)C3)ccc1O. The third-order valence-electron chi connectivity index (χ3n) is 13.0. The number of nitrogens with two attached hydrogens (primary N) is 2. The molecule has 206 valence electrons.